The van der Waals surface area contributed by atoms with Crippen molar-refractivity contribution < 1.29 is 4.79 Å². The number of hydrazine groups is 1. The molecule has 2 heterocycles. The number of nitrogens with zero attached hydrogens (tertiary/aromatic N) is 1. The van der Waals surface area contributed by atoms with E-state index >= 15 is 0 Å². The molecule has 16 heavy (non-hydrogen) atoms. The largest absolute Gasteiger partial charge is 0.355 e. The van der Waals surface area contributed by atoms with Gasteiger partial charge in [-0.3, -0.25) is 20.6 Å². The molecule has 1 aromatic heterocycles. The van der Waals surface area contributed by atoms with Crippen molar-refractivity contribution >= 4 is 23.2 Å². The van der Waals surface area contributed by atoms with Gasteiger partial charge in [0, 0.05) is 13.1 Å². The summed E-state index contributed by atoms with van der Waals surface area (Å²) in [5.74, 6) is 0.506. The van der Waals surface area contributed by atoms with Crippen LogP contribution in [0, 0.1) is 0 Å². The van der Waals surface area contributed by atoms with Crippen molar-refractivity contribution in [2.75, 3.05) is 13.1 Å². The van der Waals surface area contributed by atoms with E-state index in [9.17, 15) is 4.79 Å². The van der Waals surface area contributed by atoms with Crippen LogP contribution in [0.3, 0.4) is 0 Å². The number of hydrogen-bond acceptors (Lipinski definition) is 5. The van der Waals surface area contributed by atoms with Crippen molar-refractivity contribution in [2.24, 2.45) is 4.99 Å². The fourth-order valence-electron chi connectivity index (χ4n) is 1.36. The molecule has 0 radical (unpaired) electrons. The first-order valence-corrected chi connectivity index (χ1v) is 6.12. The Morgan fingerprint density at radius 1 is 1.50 bits per heavy atom. The van der Waals surface area contributed by atoms with Crippen molar-refractivity contribution in [1.29, 1.82) is 0 Å². The van der Waals surface area contributed by atoms with Crippen molar-refractivity contribution in [2.45, 2.75) is 12.8 Å². The van der Waals surface area contributed by atoms with Crippen LogP contribution in [0.4, 0.5) is 0 Å². The van der Waals surface area contributed by atoms with Gasteiger partial charge in [-0.2, -0.15) is 0 Å². The van der Waals surface area contributed by atoms with Gasteiger partial charge in [-0.15, -0.1) is 11.3 Å². The van der Waals surface area contributed by atoms with Crippen LogP contribution < -0.4 is 16.2 Å². The molecule has 0 atom stereocenters. The lowest BCUT2D eigenvalue weighted by Crippen LogP contribution is -2.47. The van der Waals surface area contributed by atoms with Crippen LogP contribution in [0.15, 0.2) is 22.5 Å². The van der Waals surface area contributed by atoms with Crippen LogP contribution in [0.5, 0.6) is 0 Å². The second-order valence-corrected chi connectivity index (χ2v) is 4.37. The molecule has 0 unspecified atom stereocenters. The molecule has 3 N–H and O–H groups in total. The molecule has 0 saturated heterocycles. The molecule has 1 aliphatic heterocycles. The Morgan fingerprint density at radius 3 is 3.25 bits per heavy atom. The minimum Gasteiger partial charge on any atom is -0.355 e. The number of carbonyl (C=O) groups is 1. The number of guanidine groups is 1. The van der Waals surface area contributed by atoms with E-state index in [1.807, 2.05) is 11.4 Å². The molecular formula is C10H14N4OS. The van der Waals surface area contributed by atoms with Crippen LogP contribution in [0.1, 0.15) is 22.5 Å². The number of thiophene rings is 1. The van der Waals surface area contributed by atoms with Crippen molar-refractivity contribution in [3.63, 3.8) is 0 Å². The average Bonchev–Trinajstić information content (AvgIpc) is 2.71. The van der Waals surface area contributed by atoms with Crippen molar-refractivity contribution in [3.05, 3.63) is 22.4 Å². The van der Waals surface area contributed by atoms with Crippen molar-refractivity contribution in [3.8, 4) is 0 Å². The average molecular weight is 238 g/mol. The van der Waals surface area contributed by atoms with Gasteiger partial charge >= 0.3 is 0 Å². The van der Waals surface area contributed by atoms with Crippen LogP contribution in [-0.4, -0.2) is 25.0 Å². The van der Waals surface area contributed by atoms with E-state index < -0.39 is 0 Å². The summed E-state index contributed by atoms with van der Waals surface area (Å²) in [7, 11) is 0. The zero-order valence-corrected chi connectivity index (χ0v) is 9.64. The Bertz CT molecular complexity index is 374. The van der Waals surface area contributed by atoms with E-state index in [2.05, 4.69) is 21.2 Å². The summed E-state index contributed by atoms with van der Waals surface area (Å²) in [5.41, 5.74) is 5.41. The lowest BCUT2D eigenvalue weighted by molar-refractivity contribution is 0.0947. The highest BCUT2D eigenvalue weighted by molar-refractivity contribution is 7.12. The Hall–Kier alpha value is -1.56. The topological polar surface area (TPSA) is 65.5 Å². The predicted octanol–water partition coefficient (Wildman–Crippen LogP) is 0.722. The van der Waals surface area contributed by atoms with Gasteiger partial charge in [0.25, 0.3) is 5.91 Å². The number of aliphatic imine (C=N–C) groups is 1. The van der Waals surface area contributed by atoms with E-state index in [1.165, 1.54) is 11.3 Å². The molecule has 5 nitrogen and oxygen atoms in total. The van der Waals surface area contributed by atoms with Gasteiger partial charge in [0.2, 0.25) is 5.96 Å². The molecule has 0 aliphatic carbocycles. The van der Waals surface area contributed by atoms with Crippen LogP contribution >= 0.6 is 11.3 Å². The van der Waals surface area contributed by atoms with Gasteiger partial charge in [0.1, 0.15) is 0 Å². The number of nitrogens with one attached hydrogen (secondary N) is 3. The second-order valence-electron chi connectivity index (χ2n) is 3.42. The zero-order valence-electron chi connectivity index (χ0n) is 8.82. The Balaban J connectivity index is 1.82. The normalized spacial score (nSPS) is 15.6. The lowest BCUT2D eigenvalue weighted by atomic mass is 10.3. The molecule has 86 valence electrons. The number of amides is 1. The monoisotopic (exact) mass is 238 g/mol. The Morgan fingerprint density at radius 2 is 2.44 bits per heavy atom. The molecule has 1 amide bonds. The highest BCUT2D eigenvalue weighted by Gasteiger charge is 2.07. The maximum atomic E-state index is 11.6. The lowest BCUT2D eigenvalue weighted by Gasteiger charge is -2.10. The van der Waals surface area contributed by atoms with Gasteiger partial charge in [-0.05, 0) is 24.3 Å². The number of hydrogen-bond donors (Lipinski definition) is 3. The molecular weight excluding hydrogens is 224 g/mol. The van der Waals surface area contributed by atoms with Crippen LogP contribution in [0.2, 0.25) is 0 Å². The molecule has 1 aliphatic rings. The third-order valence-electron chi connectivity index (χ3n) is 2.19. The molecule has 0 aromatic carbocycles. The molecule has 2 rings (SSSR count). The molecule has 0 fully saturated rings. The van der Waals surface area contributed by atoms with E-state index in [4.69, 9.17) is 0 Å². The van der Waals surface area contributed by atoms with Crippen LogP contribution in [0.25, 0.3) is 0 Å². The highest BCUT2D eigenvalue weighted by Crippen LogP contribution is 2.06. The molecule has 0 spiro atoms. The Kier molecular flexibility index (Phi) is 3.76. The predicted molar refractivity (Wildman–Crippen MR) is 64.5 cm³/mol. The summed E-state index contributed by atoms with van der Waals surface area (Å²) in [5, 5.41) is 4.98. The van der Waals surface area contributed by atoms with Crippen LogP contribution in [-0.2, 0) is 0 Å². The van der Waals surface area contributed by atoms with E-state index in [1.54, 1.807) is 6.07 Å². The first-order valence-electron chi connectivity index (χ1n) is 5.24. The maximum absolute atomic E-state index is 11.6. The van der Waals surface area contributed by atoms with Gasteiger partial charge in [-0.25, -0.2) is 0 Å². The SMILES string of the molecule is O=C(NNC1=NCCCCN1)c1cccs1. The third kappa shape index (κ3) is 2.96. The quantitative estimate of drug-likeness (QED) is 0.632. The van der Waals surface area contributed by atoms with Gasteiger partial charge in [0.15, 0.2) is 0 Å². The minimum atomic E-state index is -0.135. The van der Waals surface area contributed by atoms with E-state index in [0.29, 0.717) is 10.8 Å². The number of carbonyl (C=O) groups excluding carboxylic acids is 1. The first kappa shape index (κ1) is 10.9. The fourth-order valence-corrected chi connectivity index (χ4v) is 1.98. The van der Waals surface area contributed by atoms with E-state index in [-0.39, 0.29) is 5.91 Å². The summed E-state index contributed by atoms with van der Waals surface area (Å²) in [6.45, 7) is 1.69. The summed E-state index contributed by atoms with van der Waals surface area (Å²) < 4.78 is 0. The molecule has 0 saturated carbocycles. The molecule has 6 heteroatoms. The fraction of sp³-hybridized carbons (Fsp3) is 0.400. The highest BCUT2D eigenvalue weighted by atomic mass is 32.1. The van der Waals surface area contributed by atoms with Gasteiger partial charge < -0.3 is 5.32 Å². The molecule has 1 aromatic rings. The first-order chi connectivity index (χ1) is 7.86. The standard InChI is InChI=1S/C10H14N4OS/c15-9(8-4-3-7-16-8)13-14-10-11-5-1-2-6-12-10/h3-4,7H,1-2,5-6H2,(H,13,15)(H2,11,12,14). The second kappa shape index (κ2) is 5.50. The summed E-state index contributed by atoms with van der Waals surface area (Å²) in [6.07, 6.45) is 2.19. The zero-order chi connectivity index (χ0) is 11.2. The third-order valence-corrected chi connectivity index (χ3v) is 3.06. The van der Waals surface area contributed by atoms with Gasteiger partial charge in [-0.1, -0.05) is 6.07 Å². The molecule has 0 bridgehead atoms. The van der Waals surface area contributed by atoms with E-state index in [0.717, 1.165) is 25.9 Å². The smallest absolute Gasteiger partial charge is 0.279 e. The summed E-state index contributed by atoms with van der Waals surface area (Å²) >= 11 is 1.41. The van der Waals surface area contributed by atoms with Gasteiger partial charge in [0.05, 0.1) is 4.88 Å². The minimum absolute atomic E-state index is 0.135. The summed E-state index contributed by atoms with van der Waals surface area (Å²) in [4.78, 5) is 16.5. The summed E-state index contributed by atoms with van der Waals surface area (Å²) in [6, 6.07) is 3.63. The maximum Gasteiger partial charge on any atom is 0.279 e. The van der Waals surface area contributed by atoms with Crippen molar-refractivity contribution in [1.82, 2.24) is 16.2 Å². The Labute approximate surface area is 97.9 Å². The number of rotatable bonds is 1.